The molecule has 1 amide bonds. The monoisotopic (exact) mass is 427 g/mol. The van der Waals surface area contributed by atoms with Gasteiger partial charge in [0, 0.05) is 18.2 Å². The molecule has 0 saturated carbocycles. The fourth-order valence-electron chi connectivity index (χ4n) is 3.86. The second-order valence-electron chi connectivity index (χ2n) is 7.07. The van der Waals surface area contributed by atoms with Crippen LogP contribution in [-0.2, 0) is 4.79 Å². The normalized spacial score (nSPS) is 16.1. The number of likely N-dealkylation sites (tertiary alicyclic amines) is 1. The van der Waals surface area contributed by atoms with Crippen molar-refractivity contribution in [2.75, 3.05) is 33.6 Å². The van der Waals surface area contributed by atoms with E-state index in [1.165, 1.54) is 11.8 Å². The zero-order chi connectivity index (χ0) is 21.1. The summed E-state index contributed by atoms with van der Waals surface area (Å²) >= 11 is 1.41. The zero-order valence-corrected chi connectivity index (χ0v) is 18.1. The molecule has 0 radical (unpaired) electrons. The molecule has 8 heteroatoms. The largest absolute Gasteiger partial charge is 0.497 e. The third-order valence-corrected chi connectivity index (χ3v) is 6.23. The average Bonchev–Trinajstić information content (AvgIpc) is 3.43. The number of aromatic amines is 1. The Bertz CT molecular complexity index is 1050. The number of benzene rings is 2. The van der Waals surface area contributed by atoms with Crippen LogP contribution in [0.25, 0.3) is 11.0 Å². The van der Waals surface area contributed by atoms with E-state index in [4.69, 9.17) is 14.2 Å². The number of fused-ring (bicyclic) bond motifs is 1. The van der Waals surface area contributed by atoms with Crippen molar-refractivity contribution in [3.05, 3.63) is 42.0 Å². The van der Waals surface area contributed by atoms with Crippen LogP contribution in [0.5, 0.6) is 17.2 Å². The minimum Gasteiger partial charge on any atom is -0.497 e. The first-order chi connectivity index (χ1) is 14.6. The highest BCUT2D eigenvalue weighted by atomic mass is 32.2. The Hall–Kier alpha value is -2.87. The fraction of sp³-hybridized carbons (Fsp3) is 0.364. The van der Waals surface area contributed by atoms with Crippen LogP contribution >= 0.6 is 11.8 Å². The van der Waals surface area contributed by atoms with Gasteiger partial charge in [-0.1, -0.05) is 11.8 Å². The number of carbonyl (C=O) groups excluding carboxylic acids is 1. The molecule has 0 spiro atoms. The first-order valence-corrected chi connectivity index (χ1v) is 10.8. The highest BCUT2D eigenvalue weighted by molar-refractivity contribution is 7.99. The lowest BCUT2D eigenvalue weighted by atomic mass is 10.0. The number of nitrogens with one attached hydrogen (secondary N) is 1. The van der Waals surface area contributed by atoms with Gasteiger partial charge in [0.05, 0.1) is 44.2 Å². The number of imidazole rings is 1. The molecule has 30 heavy (non-hydrogen) atoms. The topological polar surface area (TPSA) is 76.7 Å². The van der Waals surface area contributed by atoms with Crippen LogP contribution in [0.4, 0.5) is 0 Å². The number of aromatic nitrogens is 2. The number of hydrogen-bond donors (Lipinski definition) is 1. The summed E-state index contributed by atoms with van der Waals surface area (Å²) < 4.78 is 16.2. The Labute approximate surface area is 179 Å². The molecule has 0 aliphatic carbocycles. The van der Waals surface area contributed by atoms with E-state index in [0.717, 1.165) is 58.4 Å². The van der Waals surface area contributed by atoms with Crippen LogP contribution in [0.15, 0.2) is 41.6 Å². The van der Waals surface area contributed by atoms with Crippen molar-refractivity contribution in [1.29, 1.82) is 0 Å². The predicted molar refractivity (Wildman–Crippen MR) is 117 cm³/mol. The summed E-state index contributed by atoms with van der Waals surface area (Å²) in [5.41, 5.74) is 2.74. The first-order valence-electron chi connectivity index (χ1n) is 9.81. The molecule has 1 aromatic heterocycles. The van der Waals surface area contributed by atoms with Gasteiger partial charge in [-0.2, -0.15) is 0 Å². The van der Waals surface area contributed by atoms with E-state index in [2.05, 4.69) is 9.97 Å². The van der Waals surface area contributed by atoms with Gasteiger partial charge in [0.25, 0.3) is 0 Å². The van der Waals surface area contributed by atoms with Crippen molar-refractivity contribution in [2.24, 2.45) is 0 Å². The van der Waals surface area contributed by atoms with Crippen LogP contribution in [0.2, 0.25) is 0 Å². The second-order valence-corrected chi connectivity index (χ2v) is 8.03. The maximum absolute atomic E-state index is 13.0. The third-order valence-electron chi connectivity index (χ3n) is 5.37. The molecule has 1 atom stereocenters. The summed E-state index contributed by atoms with van der Waals surface area (Å²) in [5, 5.41) is 0.723. The molecule has 2 heterocycles. The van der Waals surface area contributed by atoms with Gasteiger partial charge < -0.3 is 24.1 Å². The Balaban J connectivity index is 1.48. The summed E-state index contributed by atoms with van der Waals surface area (Å²) in [6, 6.07) is 11.4. The smallest absolute Gasteiger partial charge is 0.233 e. The molecule has 1 N–H and O–H groups in total. The SMILES string of the molecule is COc1ccc(OC)c([C@H]2CCCN2C(=O)CSc2nc3ccc(OC)cc3[nH]2)c1. The average molecular weight is 428 g/mol. The van der Waals surface area contributed by atoms with E-state index in [0.29, 0.717) is 5.75 Å². The number of amides is 1. The molecule has 0 bridgehead atoms. The maximum atomic E-state index is 13.0. The van der Waals surface area contributed by atoms with E-state index in [1.54, 1.807) is 21.3 Å². The zero-order valence-electron chi connectivity index (χ0n) is 17.3. The van der Waals surface area contributed by atoms with Crippen LogP contribution in [-0.4, -0.2) is 54.4 Å². The quantitative estimate of drug-likeness (QED) is 0.574. The summed E-state index contributed by atoms with van der Waals surface area (Å²) in [6.07, 6.45) is 1.87. The van der Waals surface area contributed by atoms with Crippen LogP contribution in [0.3, 0.4) is 0 Å². The minimum atomic E-state index is -0.0110. The molecule has 2 aromatic carbocycles. The lowest BCUT2D eigenvalue weighted by molar-refractivity contribution is -0.129. The number of ether oxygens (including phenoxy) is 3. The standard InChI is InChI=1S/C22H25N3O4S/c1-27-14-7-9-20(29-3)16(11-14)19-5-4-10-25(19)21(26)13-30-22-23-17-8-6-15(28-2)12-18(17)24-22/h6-9,11-12,19H,4-5,10,13H2,1-3H3,(H,23,24)/t19-/m1/s1. The number of hydrogen-bond acceptors (Lipinski definition) is 6. The highest BCUT2D eigenvalue weighted by Gasteiger charge is 2.32. The Kier molecular flexibility index (Phi) is 6.03. The molecule has 3 aromatic rings. The van der Waals surface area contributed by atoms with E-state index >= 15 is 0 Å². The summed E-state index contributed by atoms with van der Waals surface area (Å²) in [4.78, 5) is 22.8. The molecule has 7 nitrogen and oxygen atoms in total. The lowest BCUT2D eigenvalue weighted by Gasteiger charge is -2.26. The van der Waals surface area contributed by atoms with Crippen LogP contribution in [0.1, 0.15) is 24.4 Å². The van der Waals surface area contributed by atoms with Gasteiger partial charge in [0.15, 0.2) is 5.16 Å². The van der Waals surface area contributed by atoms with E-state index in [9.17, 15) is 4.79 Å². The minimum absolute atomic E-state index is 0.0110. The maximum Gasteiger partial charge on any atom is 0.233 e. The van der Waals surface area contributed by atoms with Gasteiger partial charge in [-0.15, -0.1) is 0 Å². The predicted octanol–water partition coefficient (Wildman–Crippen LogP) is 4.04. The fourth-order valence-corrected chi connectivity index (χ4v) is 4.63. The molecule has 1 aliphatic rings. The van der Waals surface area contributed by atoms with Crippen molar-refractivity contribution in [3.63, 3.8) is 0 Å². The van der Waals surface area contributed by atoms with Gasteiger partial charge >= 0.3 is 0 Å². The summed E-state index contributed by atoms with van der Waals surface area (Å²) in [5.74, 6) is 2.72. The van der Waals surface area contributed by atoms with E-state index in [1.807, 2.05) is 41.3 Å². The van der Waals surface area contributed by atoms with Crippen LogP contribution in [0, 0.1) is 0 Å². The summed E-state index contributed by atoms with van der Waals surface area (Å²) in [6.45, 7) is 0.738. The van der Waals surface area contributed by atoms with Gasteiger partial charge in [0.2, 0.25) is 5.91 Å². The number of H-pyrrole nitrogens is 1. The molecule has 1 aliphatic heterocycles. The number of methoxy groups -OCH3 is 3. The highest BCUT2D eigenvalue weighted by Crippen LogP contribution is 2.39. The van der Waals surface area contributed by atoms with E-state index < -0.39 is 0 Å². The molecule has 4 rings (SSSR count). The Morgan fingerprint density at radius 1 is 1.13 bits per heavy atom. The van der Waals surface area contributed by atoms with Gasteiger partial charge in [-0.05, 0) is 43.2 Å². The molecule has 158 valence electrons. The Morgan fingerprint density at radius 2 is 1.90 bits per heavy atom. The number of thioether (sulfide) groups is 1. The third kappa shape index (κ3) is 4.05. The van der Waals surface area contributed by atoms with Gasteiger partial charge in [-0.3, -0.25) is 4.79 Å². The second kappa shape index (κ2) is 8.87. The summed E-state index contributed by atoms with van der Waals surface area (Å²) in [7, 11) is 4.93. The number of rotatable bonds is 7. The first kappa shape index (κ1) is 20.4. The molecule has 1 fully saturated rings. The Morgan fingerprint density at radius 3 is 2.67 bits per heavy atom. The molecular formula is C22H25N3O4S. The lowest BCUT2D eigenvalue weighted by Crippen LogP contribution is -2.32. The van der Waals surface area contributed by atoms with Crippen molar-refractivity contribution in [2.45, 2.75) is 24.0 Å². The van der Waals surface area contributed by atoms with Crippen molar-refractivity contribution in [1.82, 2.24) is 14.9 Å². The number of carbonyl (C=O) groups is 1. The molecule has 0 unspecified atom stereocenters. The van der Waals surface area contributed by atoms with Gasteiger partial charge in [0.1, 0.15) is 17.2 Å². The van der Waals surface area contributed by atoms with Crippen LogP contribution < -0.4 is 14.2 Å². The molecule has 1 saturated heterocycles. The van der Waals surface area contributed by atoms with Crippen molar-refractivity contribution < 1.29 is 19.0 Å². The van der Waals surface area contributed by atoms with E-state index in [-0.39, 0.29) is 11.9 Å². The van der Waals surface area contributed by atoms with Crippen molar-refractivity contribution >= 4 is 28.7 Å². The van der Waals surface area contributed by atoms with Gasteiger partial charge in [-0.25, -0.2) is 4.98 Å². The van der Waals surface area contributed by atoms with Crippen molar-refractivity contribution in [3.8, 4) is 17.2 Å². The number of nitrogens with zero attached hydrogens (tertiary/aromatic N) is 2. The molecular weight excluding hydrogens is 402 g/mol.